The van der Waals surface area contributed by atoms with Crippen molar-refractivity contribution < 1.29 is 80.2 Å². The molecular formula is C89H148O17P2. The minimum atomic E-state index is -5.02. The Bertz CT molecular complexity index is 2660. The molecule has 108 heavy (non-hydrogen) atoms. The summed E-state index contributed by atoms with van der Waals surface area (Å²) in [6.45, 7) is 4.56. The Balaban J connectivity index is 5.51. The van der Waals surface area contributed by atoms with Crippen LogP contribution < -0.4 is 0 Å². The molecule has 0 aliphatic rings. The zero-order valence-corrected chi connectivity index (χ0v) is 69.3. The van der Waals surface area contributed by atoms with Gasteiger partial charge in [-0.2, -0.15) is 0 Å². The molecule has 0 fully saturated rings. The highest BCUT2D eigenvalue weighted by molar-refractivity contribution is 7.47. The maximum Gasteiger partial charge on any atom is 0.472 e. The van der Waals surface area contributed by atoms with E-state index in [1.54, 1.807) is 0 Å². The van der Waals surface area contributed by atoms with Gasteiger partial charge in [0.1, 0.15) is 19.3 Å². The molecule has 2 unspecified atom stereocenters. The summed E-state index contributed by atoms with van der Waals surface area (Å²) < 4.78 is 68.6. The SMILES string of the molecule is CC/C=C\C/C=C\C/C=C\C/C=C\C/C=C\CCCCCC(=O)OC[C@H](COP(=O)(O)OC[C@@H](O)COP(=O)(O)OC[C@@H](COC(=O)CCCCCCC/C=C\CCCCCCCC)OC(=O)CCCCCCC/C=C\C/C=C\CCCCC)OC(=O)CC/C=C\C/C=C\C/C=C\C/C=C\C/C=C\CCCCC. The Labute approximate surface area is 655 Å². The Morgan fingerprint density at radius 1 is 0.269 bits per heavy atom. The molecule has 5 atom stereocenters. The van der Waals surface area contributed by atoms with Crippen LogP contribution in [0.3, 0.4) is 0 Å². The highest BCUT2D eigenvalue weighted by atomic mass is 31.2. The smallest absolute Gasteiger partial charge is 0.462 e. The van der Waals surface area contributed by atoms with Crippen molar-refractivity contribution in [3.63, 3.8) is 0 Å². The molecule has 0 rings (SSSR count). The number of aliphatic hydroxyl groups excluding tert-OH is 1. The van der Waals surface area contributed by atoms with Crippen LogP contribution in [-0.4, -0.2) is 96.7 Å². The fraction of sp³-hybridized carbons (Fsp3) is 0.663. The van der Waals surface area contributed by atoms with Crippen LogP contribution in [0.25, 0.3) is 0 Å². The van der Waals surface area contributed by atoms with Gasteiger partial charge in [0.2, 0.25) is 0 Å². The quantitative estimate of drug-likeness (QED) is 0.0169. The normalized spacial score (nSPS) is 14.6. The number of allylic oxidation sites excluding steroid dienone is 26. The second-order valence-electron chi connectivity index (χ2n) is 27.3. The number of phosphoric ester groups is 2. The predicted molar refractivity (Wildman–Crippen MR) is 445 cm³/mol. The lowest BCUT2D eigenvalue weighted by Gasteiger charge is -2.21. The van der Waals surface area contributed by atoms with Crippen LogP contribution in [0, 0.1) is 0 Å². The highest BCUT2D eigenvalue weighted by Gasteiger charge is 2.30. The van der Waals surface area contributed by atoms with E-state index in [0.29, 0.717) is 32.1 Å². The van der Waals surface area contributed by atoms with Crippen LogP contribution in [0.1, 0.15) is 323 Å². The number of hydrogen-bond acceptors (Lipinski definition) is 15. The lowest BCUT2D eigenvalue weighted by Crippen LogP contribution is -2.30. The van der Waals surface area contributed by atoms with Crippen molar-refractivity contribution in [2.24, 2.45) is 0 Å². The molecule has 0 aromatic rings. The molecule has 0 aliphatic carbocycles. The van der Waals surface area contributed by atoms with Crippen LogP contribution in [0.5, 0.6) is 0 Å². The molecule has 0 saturated heterocycles. The summed E-state index contributed by atoms with van der Waals surface area (Å²) >= 11 is 0. The Kier molecular flexibility index (Phi) is 75.8. The number of hydrogen-bond donors (Lipinski definition) is 3. The van der Waals surface area contributed by atoms with Crippen molar-refractivity contribution in [3.8, 4) is 0 Å². The lowest BCUT2D eigenvalue weighted by molar-refractivity contribution is -0.161. The zero-order valence-electron chi connectivity index (χ0n) is 67.5. The predicted octanol–water partition coefficient (Wildman–Crippen LogP) is 24.8. The molecule has 0 saturated carbocycles. The van der Waals surface area contributed by atoms with Gasteiger partial charge < -0.3 is 33.8 Å². The maximum atomic E-state index is 13.1. The lowest BCUT2D eigenvalue weighted by atomic mass is 10.1. The number of phosphoric acid groups is 2. The summed E-state index contributed by atoms with van der Waals surface area (Å²) in [7, 11) is -10.0. The molecular weight excluding hydrogens is 1400 g/mol. The van der Waals surface area contributed by atoms with Gasteiger partial charge in [-0.15, -0.1) is 0 Å². The standard InChI is InChI=1S/C89H148O17P2/c1-5-9-13-17-21-25-29-33-37-39-41-43-47-50-54-58-62-66-70-74-87(92)100-80-85(106-89(94)76-72-68-64-60-56-52-48-44-42-40-38-34-30-26-22-18-14-10-6-2)82-104-108(97,98)102-78-83(90)77-101-107(95,96)103-81-84(105-88(93)75-71-67-63-59-55-51-46-36-32-28-24-20-16-12-8-4)79-99-86(91)73-69-65-61-57-53-49-45-35-31-27-23-19-15-11-7-3/h9,13,21-22,24-26,28,33-38,41-46,50,52,54,56,64,68,83-85,90H,5-8,10-12,14-20,23,27,29-32,39-40,47-49,51,53,55,57-63,65-67,69-82H2,1-4H3,(H,95,96)(H,97,98)/b13-9-,25-21-,26-22-,28-24-,37-33-,38-34-,43-41-,44-42-,45-35-,46-36-,54-50-,56-52-,68-64-/t83-,84+,85+/m0/s1. The van der Waals surface area contributed by atoms with E-state index in [9.17, 15) is 43.2 Å². The van der Waals surface area contributed by atoms with Gasteiger partial charge in [-0.25, -0.2) is 9.13 Å². The minimum Gasteiger partial charge on any atom is -0.462 e. The van der Waals surface area contributed by atoms with Gasteiger partial charge in [0.15, 0.2) is 12.2 Å². The molecule has 0 spiro atoms. The van der Waals surface area contributed by atoms with Gasteiger partial charge in [0, 0.05) is 25.7 Å². The van der Waals surface area contributed by atoms with Gasteiger partial charge in [-0.3, -0.25) is 37.3 Å². The van der Waals surface area contributed by atoms with Crippen LogP contribution >= 0.6 is 15.6 Å². The summed E-state index contributed by atoms with van der Waals surface area (Å²) in [5.74, 6) is -2.34. The third-order valence-corrected chi connectivity index (χ3v) is 18.9. The van der Waals surface area contributed by atoms with E-state index in [1.807, 2.05) is 18.2 Å². The number of carbonyl (C=O) groups is 4. The molecule has 0 bridgehead atoms. The van der Waals surface area contributed by atoms with Crippen LogP contribution in [-0.2, 0) is 65.4 Å². The average Bonchev–Trinajstić information content (AvgIpc) is 0.896. The van der Waals surface area contributed by atoms with E-state index in [2.05, 4.69) is 167 Å². The van der Waals surface area contributed by atoms with E-state index >= 15 is 0 Å². The first-order chi connectivity index (χ1) is 52.7. The summed E-state index contributed by atoms with van der Waals surface area (Å²) in [5.41, 5.74) is 0. The van der Waals surface area contributed by atoms with Gasteiger partial charge >= 0.3 is 39.5 Å². The van der Waals surface area contributed by atoms with Crippen molar-refractivity contribution in [1.82, 2.24) is 0 Å². The van der Waals surface area contributed by atoms with E-state index in [0.717, 1.165) is 161 Å². The second-order valence-corrected chi connectivity index (χ2v) is 30.2. The Morgan fingerprint density at radius 2 is 0.500 bits per heavy atom. The third kappa shape index (κ3) is 78.8. The highest BCUT2D eigenvalue weighted by Crippen LogP contribution is 2.45. The first-order valence-corrected chi connectivity index (χ1v) is 44.7. The van der Waals surface area contributed by atoms with Gasteiger partial charge in [-0.1, -0.05) is 288 Å². The van der Waals surface area contributed by atoms with Crippen LogP contribution in [0.4, 0.5) is 0 Å². The van der Waals surface area contributed by atoms with Crippen molar-refractivity contribution in [1.29, 1.82) is 0 Å². The van der Waals surface area contributed by atoms with Gasteiger partial charge in [0.25, 0.3) is 0 Å². The van der Waals surface area contributed by atoms with Crippen LogP contribution in [0.2, 0.25) is 0 Å². The number of aliphatic hydroxyl groups is 1. The topological polar surface area (TPSA) is 237 Å². The van der Waals surface area contributed by atoms with Crippen molar-refractivity contribution >= 4 is 39.5 Å². The first kappa shape index (κ1) is 103. The number of esters is 4. The molecule has 0 amide bonds. The minimum absolute atomic E-state index is 0.0418. The fourth-order valence-electron chi connectivity index (χ4n) is 10.6. The zero-order chi connectivity index (χ0) is 78.9. The van der Waals surface area contributed by atoms with E-state index in [1.165, 1.54) is 77.0 Å². The van der Waals surface area contributed by atoms with Gasteiger partial charge in [0.05, 0.1) is 26.4 Å². The molecule has 17 nitrogen and oxygen atoms in total. The second kappa shape index (κ2) is 79.8. The van der Waals surface area contributed by atoms with Crippen LogP contribution in [0.15, 0.2) is 158 Å². The van der Waals surface area contributed by atoms with Gasteiger partial charge in [-0.05, 0) is 167 Å². The molecule has 0 heterocycles. The Morgan fingerprint density at radius 3 is 0.833 bits per heavy atom. The summed E-state index contributed by atoms with van der Waals surface area (Å²) in [4.78, 5) is 73.1. The number of carbonyl (C=O) groups excluding carboxylic acids is 4. The van der Waals surface area contributed by atoms with Crippen molar-refractivity contribution in [3.05, 3.63) is 158 Å². The van der Waals surface area contributed by atoms with E-state index < -0.39 is 97.5 Å². The van der Waals surface area contributed by atoms with E-state index in [-0.39, 0.29) is 25.7 Å². The van der Waals surface area contributed by atoms with E-state index in [4.69, 9.17) is 37.0 Å². The molecule has 0 aromatic carbocycles. The molecule has 0 radical (unpaired) electrons. The summed E-state index contributed by atoms with van der Waals surface area (Å²) in [5, 5.41) is 10.7. The average molecular weight is 1550 g/mol. The molecule has 3 N–H and O–H groups in total. The monoisotopic (exact) mass is 1550 g/mol. The largest absolute Gasteiger partial charge is 0.472 e. The van der Waals surface area contributed by atoms with Crippen molar-refractivity contribution in [2.45, 2.75) is 341 Å². The number of unbranched alkanes of at least 4 members (excludes halogenated alkanes) is 25. The molecule has 616 valence electrons. The number of rotatable bonds is 77. The number of ether oxygens (including phenoxy) is 4. The summed E-state index contributed by atoms with van der Waals surface area (Å²) in [6, 6.07) is 0. The van der Waals surface area contributed by atoms with Crippen molar-refractivity contribution in [2.75, 3.05) is 39.6 Å². The molecule has 19 heteroatoms. The summed E-state index contributed by atoms with van der Waals surface area (Å²) in [6.07, 6.45) is 93.7. The third-order valence-electron chi connectivity index (χ3n) is 17.0. The maximum absolute atomic E-state index is 13.1. The first-order valence-electron chi connectivity index (χ1n) is 41.7. The fourth-order valence-corrected chi connectivity index (χ4v) is 12.2. The molecule has 0 aliphatic heterocycles. The Hall–Kier alpha value is -5.32. The molecule has 0 aromatic heterocycles.